The van der Waals surface area contributed by atoms with Gasteiger partial charge >= 0.3 is 0 Å². The van der Waals surface area contributed by atoms with Crippen molar-refractivity contribution in [3.05, 3.63) is 18.2 Å². The number of hydrogen-bond donors (Lipinski definition) is 3. The first-order valence-corrected chi connectivity index (χ1v) is 9.47. The molecule has 0 saturated heterocycles. The third-order valence-corrected chi connectivity index (χ3v) is 4.63. The van der Waals surface area contributed by atoms with Crippen molar-refractivity contribution in [3.63, 3.8) is 0 Å². The molecule has 2 rings (SSSR count). The minimum atomic E-state index is -3.34. The van der Waals surface area contributed by atoms with Crippen LogP contribution >= 0.6 is 24.0 Å². The standard InChI is InChI=1S/C15H24N4O4S.HI/c1-11(2)19-24(20,21)9-6-17-15(16)18-12-4-5-13-14(10-12)23-8-3-7-22-13;/h4-5,10-11,19H,3,6-9H2,1-2H3,(H3,16,17,18);1H. The van der Waals surface area contributed by atoms with E-state index in [2.05, 4.69) is 15.0 Å². The summed E-state index contributed by atoms with van der Waals surface area (Å²) in [5.41, 5.74) is 6.49. The Hall–Kier alpha value is -1.27. The highest BCUT2D eigenvalue weighted by molar-refractivity contribution is 14.0. The Morgan fingerprint density at radius 3 is 2.64 bits per heavy atom. The number of guanidine groups is 1. The summed E-state index contributed by atoms with van der Waals surface area (Å²) in [5, 5.41) is 2.92. The van der Waals surface area contributed by atoms with E-state index in [1.165, 1.54) is 0 Å². The maximum Gasteiger partial charge on any atom is 0.213 e. The van der Waals surface area contributed by atoms with Crippen molar-refractivity contribution in [2.75, 3.05) is 30.8 Å². The number of nitrogens with one attached hydrogen (secondary N) is 2. The van der Waals surface area contributed by atoms with Gasteiger partial charge < -0.3 is 20.5 Å². The molecule has 0 spiro atoms. The zero-order valence-corrected chi connectivity index (χ0v) is 17.5. The Morgan fingerprint density at radius 1 is 1.28 bits per heavy atom. The number of fused-ring (bicyclic) bond motifs is 1. The Labute approximate surface area is 165 Å². The Kier molecular flexibility index (Phi) is 8.73. The van der Waals surface area contributed by atoms with Gasteiger partial charge in [-0.3, -0.25) is 4.99 Å². The second-order valence-corrected chi connectivity index (χ2v) is 7.57. The van der Waals surface area contributed by atoms with Crippen LogP contribution in [0.4, 0.5) is 5.69 Å². The van der Waals surface area contributed by atoms with Crippen LogP contribution in [-0.2, 0) is 10.0 Å². The highest BCUT2D eigenvalue weighted by Gasteiger charge is 2.12. The summed E-state index contributed by atoms with van der Waals surface area (Å²) >= 11 is 0. The van der Waals surface area contributed by atoms with Crippen LogP contribution < -0.4 is 25.2 Å². The van der Waals surface area contributed by atoms with Crippen molar-refractivity contribution in [3.8, 4) is 11.5 Å². The monoisotopic (exact) mass is 484 g/mol. The molecule has 10 heteroatoms. The summed E-state index contributed by atoms with van der Waals surface area (Å²) in [6.07, 6.45) is 0.833. The number of nitrogens with two attached hydrogens (primary N) is 1. The fourth-order valence-electron chi connectivity index (χ4n) is 2.13. The third-order valence-electron chi connectivity index (χ3n) is 3.08. The number of benzene rings is 1. The van der Waals surface area contributed by atoms with Crippen molar-refractivity contribution in [2.24, 2.45) is 10.7 Å². The van der Waals surface area contributed by atoms with Gasteiger partial charge in [0.15, 0.2) is 17.5 Å². The van der Waals surface area contributed by atoms with Crippen molar-refractivity contribution in [2.45, 2.75) is 26.3 Å². The number of halogens is 1. The van der Waals surface area contributed by atoms with E-state index in [0.717, 1.165) is 6.42 Å². The number of hydrogen-bond acceptors (Lipinski definition) is 5. The Balaban J connectivity index is 0.00000312. The Morgan fingerprint density at radius 2 is 1.96 bits per heavy atom. The van der Waals surface area contributed by atoms with E-state index in [-0.39, 0.29) is 48.3 Å². The zero-order chi connectivity index (χ0) is 17.6. The first kappa shape index (κ1) is 21.8. The minimum absolute atomic E-state index is 0. The molecule has 1 aromatic rings. The number of aliphatic imine (C=N–C) groups is 1. The molecule has 4 N–H and O–H groups in total. The molecular weight excluding hydrogens is 459 g/mol. The lowest BCUT2D eigenvalue weighted by Crippen LogP contribution is -2.33. The SMILES string of the molecule is CC(C)NS(=O)(=O)CCN=C(N)Nc1ccc2c(c1)OCCCO2.I. The van der Waals surface area contributed by atoms with Crippen molar-refractivity contribution >= 4 is 45.6 Å². The molecule has 0 aromatic heterocycles. The van der Waals surface area contributed by atoms with Gasteiger partial charge in [-0.05, 0) is 26.0 Å². The predicted octanol–water partition coefficient (Wildman–Crippen LogP) is 1.52. The van der Waals surface area contributed by atoms with Crippen LogP contribution in [0.3, 0.4) is 0 Å². The molecular formula is C15H25IN4O4S. The summed E-state index contributed by atoms with van der Waals surface area (Å²) in [5.74, 6) is 1.37. The number of anilines is 1. The van der Waals surface area contributed by atoms with Crippen LogP contribution in [-0.4, -0.2) is 45.9 Å². The lowest BCUT2D eigenvalue weighted by molar-refractivity contribution is 0.297. The summed E-state index contributed by atoms with van der Waals surface area (Å²) in [7, 11) is -3.34. The van der Waals surface area contributed by atoms with Crippen LogP contribution in [0.15, 0.2) is 23.2 Å². The van der Waals surface area contributed by atoms with E-state index in [4.69, 9.17) is 15.2 Å². The molecule has 0 unspecified atom stereocenters. The number of nitrogens with zero attached hydrogens (tertiary/aromatic N) is 1. The van der Waals surface area contributed by atoms with Crippen molar-refractivity contribution < 1.29 is 17.9 Å². The number of rotatable bonds is 6. The molecule has 0 fully saturated rings. The molecule has 1 aliphatic heterocycles. The molecule has 1 aromatic carbocycles. The second kappa shape index (κ2) is 10.0. The normalized spacial score (nSPS) is 14.6. The largest absolute Gasteiger partial charge is 0.490 e. The molecule has 0 saturated carbocycles. The highest BCUT2D eigenvalue weighted by atomic mass is 127. The minimum Gasteiger partial charge on any atom is -0.490 e. The average molecular weight is 484 g/mol. The lowest BCUT2D eigenvalue weighted by atomic mass is 10.3. The first-order valence-electron chi connectivity index (χ1n) is 7.82. The first-order chi connectivity index (χ1) is 11.4. The van der Waals surface area contributed by atoms with Crippen LogP contribution in [0.5, 0.6) is 11.5 Å². The molecule has 0 aliphatic carbocycles. The van der Waals surface area contributed by atoms with Crippen LogP contribution in [0, 0.1) is 0 Å². The molecule has 142 valence electrons. The fourth-order valence-corrected chi connectivity index (χ4v) is 3.30. The zero-order valence-electron chi connectivity index (χ0n) is 14.3. The van der Waals surface area contributed by atoms with E-state index in [1.807, 2.05) is 0 Å². The molecule has 25 heavy (non-hydrogen) atoms. The topological polar surface area (TPSA) is 115 Å². The van der Waals surface area contributed by atoms with E-state index in [1.54, 1.807) is 32.0 Å². The van der Waals surface area contributed by atoms with E-state index in [0.29, 0.717) is 30.4 Å². The average Bonchev–Trinajstić information content (AvgIpc) is 2.70. The van der Waals surface area contributed by atoms with Crippen molar-refractivity contribution in [1.29, 1.82) is 0 Å². The van der Waals surface area contributed by atoms with E-state index >= 15 is 0 Å². The number of sulfonamides is 1. The van der Waals surface area contributed by atoms with Crippen LogP contribution in [0.1, 0.15) is 20.3 Å². The highest BCUT2D eigenvalue weighted by Crippen LogP contribution is 2.32. The quantitative estimate of drug-likeness (QED) is 0.321. The van der Waals surface area contributed by atoms with Gasteiger partial charge in [-0.15, -0.1) is 24.0 Å². The van der Waals surface area contributed by atoms with Gasteiger partial charge in [0.05, 0.1) is 25.5 Å². The van der Waals surface area contributed by atoms with Crippen molar-refractivity contribution in [1.82, 2.24) is 4.72 Å². The molecule has 1 aliphatic rings. The van der Waals surface area contributed by atoms with E-state index in [9.17, 15) is 8.42 Å². The second-order valence-electron chi connectivity index (χ2n) is 5.70. The number of ether oxygens (including phenoxy) is 2. The van der Waals surface area contributed by atoms with Gasteiger partial charge in [0.25, 0.3) is 0 Å². The lowest BCUT2D eigenvalue weighted by Gasteiger charge is -2.11. The molecule has 1 heterocycles. The summed E-state index contributed by atoms with van der Waals surface area (Å²) in [4.78, 5) is 4.03. The molecule has 0 atom stereocenters. The fraction of sp³-hybridized carbons (Fsp3) is 0.533. The summed E-state index contributed by atoms with van der Waals surface area (Å²) in [6.45, 7) is 4.83. The van der Waals surface area contributed by atoms with Gasteiger partial charge in [0, 0.05) is 24.2 Å². The van der Waals surface area contributed by atoms with Gasteiger partial charge in [-0.25, -0.2) is 13.1 Å². The maximum atomic E-state index is 11.7. The smallest absolute Gasteiger partial charge is 0.213 e. The molecule has 0 radical (unpaired) electrons. The molecule has 0 bridgehead atoms. The molecule has 0 amide bonds. The van der Waals surface area contributed by atoms with E-state index < -0.39 is 10.0 Å². The predicted molar refractivity (Wildman–Crippen MR) is 110 cm³/mol. The van der Waals surface area contributed by atoms with Gasteiger partial charge in [-0.2, -0.15) is 0 Å². The summed E-state index contributed by atoms with van der Waals surface area (Å²) in [6, 6.07) is 5.23. The third kappa shape index (κ3) is 7.65. The Bertz CT molecular complexity index is 695. The maximum absolute atomic E-state index is 11.7. The van der Waals surface area contributed by atoms with Crippen LogP contribution in [0.25, 0.3) is 0 Å². The van der Waals surface area contributed by atoms with Gasteiger partial charge in [0.2, 0.25) is 10.0 Å². The van der Waals surface area contributed by atoms with Gasteiger partial charge in [0.1, 0.15) is 0 Å². The molecule has 8 nitrogen and oxygen atoms in total. The van der Waals surface area contributed by atoms with Crippen LogP contribution in [0.2, 0.25) is 0 Å². The summed E-state index contributed by atoms with van der Waals surface area (Å²) < 4.78 is 37.1. The van der Waals surface area contributed by atoms with Gasteiger partial charge in [-0.1, -0.05) is 0 Å².